The Hall–Kier alpha value is -2.54. The molecule has 112 valence electrons. The predicted octanol–water partition coefficient (Wildman–Crippen LogP) is 2.11. The van der Waals surface area contributed by atoms with Crippen LogP contribution in [0.3, 0.4) is 0 Å². The minimum atomic E-state index is -0.138. The van der Waals surface area contributed by atoms with Crippen LogP contribution in [0.4, 0.5) is 0 Å². The largest absolute Gasteiger partial charge is 0.337 e. The number of nitrogens with zero attached hydrogens (tertiary/aromatic N) is 5. The number of hydrogen-bond donors (Lipinski definition) is 0. The van der Waals surface area contributed by atoms with Crippen LogP contribution in [0.25, 0.3) is 0 Å². The molecule has 0 bridgehead atoms. The van der Waals surface area contributed by atoms with Crippen molar-refractivity contribution in [3.63, 3.8) is 0 Å². The molecule has 1 amide bonds. The lowest BCUT2D eigenvalue weighted by Crippen LogP contribution is -2.31. The van der Waals surface area contributed by atoms with E-state index < -0.39 is 0 Å². The van der Waals surface area contributed by atoms with Gasteiger partial charge in [0.25, 0.3) is 5.91 Å². The third kappa shape index (κ3) is 3.20. The maximum atomic E-state index is 12.6. The molecule has 0 unspecified atom stereocenters. The van der Waals surface area contributed by atoms with Crippen LogP contribution in [0.1, 0.15) is 21.9 Å². The molecule has 2 heterocycles. The summed E-state index contributed by atoms with van der Waals surface area (Å²) in [5, 5.41) is 5.55. The number of aromatic nitrogens is 4. The number of rotatable bonds is 5. The van der Waals surface area contributed by atoms with E-state index in [0.29, 0.717) is 18.8 Å². The molecule has 0 N–H and O–H groups in total. The number of hydrogen-bond acceptors (Lipinski definition) is 5. The van der Waals surface area contributed by atoms with Crippen molar-refractivity contribution >= 4 is 17.4 Å². The van der Waals surface area contributed by atoms with Gasteiger partial charge in [0, 0.05) is 31.4 Å². The van der Waals surface area contributed by atoms with Crippen LogP contribution < -0.4 is 0 Å². The average molecular weight is 313 g/mol. The van der Waals surface area contributed by atoms with Crippen LogP contribution >= 0.6 is 11.5 Å². The molecule has 3 aromatic rings. The summed E-state index contributed by atoms with van der Waals surface area (Å²) in [6.07, 6.45) is 3.59. The molecule has 0 aliphatic heterocycles. The summed E-state index contributed by atoms with van der Waals surface area (Å²) in [7, 11) is 1.91. The summed E-state index contributed by atoms with van der Waals surface area (Å²) in [5.74, 6) is 0.688. The fourth-order valence-electron chi connectivity index (χ4n) is 2.14. The van der Waals surface area contributed by atoms with Crippen LogP contribution in [-0.2, 0) is 20.1 Å². The van der Waals surface area contributed by atoms with Gasteiger partial charge >= 0.3 is 0 Å². The van der Waals surface area contributed by atoms with Crippen molar-refractivity contribution in [1.29, 1.82) is 0 Å². The van der Waals surface area contributed by atoms with E-state index in [9.17, 15) is 4.79 Å². The average Bonchev–Trinajstić information content (AvgIpc) is 3.19. The van der Waals surface area contributed by atoms with Crippen molar-refractivity contribution in [3.05, 3.63) is 65.2 Å². The molecule has 7 heteroatoms. The molecular weight excluding hydrogens is 298 g/mol. The van der Waals surface area contributed by atoms with Gasteiger partial charge < -0.3 is 9.47 Å². The van der Waals surface area contributed by atoms with E-state index in [2.05, 4.69) is 14.6 Å². The Kier molecular flexibility index (Phi) is 4.24. The van der Waals surface area contributed by atoms with Gasteiger partial charge in [-0.15, -0.1) is 5.10 Å². The van der Waals surface area contributed by atoms with Gasteiger partial charge in [-0.2, -0.15) is 0 Å². The van der Waals surface area contributed by atoms with Crippen molar-refractivity contribution in [2.45, 2.75) is 13.1 Å². The molecule has 0 saturated carbocycles. The number of carbonyl (C=O) groups excluding carboxylic acids is 1. The molecule has 0 aliphatic carbocycles. The molecule has 0 aliphatic rings. The fraction of sp³-hybridized carbons (Fsp3) is 0.200. The standard InChI is InChI=1S/C15H15N5OS/c1-19-8-7-16-14(19)10-20(9-12-5-3-2-4-6-12)15(21)13-11-22-18-17-13/h2-8,11H,9-10H2,1H3. The van der Waals surface area contributed by atoms with Gasteiger partial charge in [-0.05, 0) is 17.1 Å². The molecule has 3 rings (SSSR count). The summed E-state index contributed by atoms with van der Waals surface area (Å²) in [6.45, 7) is 0.929. The minimum Gasteiger partial charge on any atom is -0.337 e. The third-order valence-corrected chi connectivity index (χ3v) is 3.84. The molecule has 0 saturated heterocycles. The Morgan fingerprint density at radius 3 is 2.73 bits per heavy atom. The van der Waals surface area contributed by atoms with Crippen molar-refractivity contribution in [2.75, 3.05) is 0 Å². The van der Waals surface area contributed by atoms with Gasteiger partial charge in [-0.25, -0.2) is 4.98 Å². The highest BCUT2D eigenvalue weighted by molar-refractivity contribution is 7.03. The minimum absolute atomic E-state index is 0.138. The molecule has 2 aromatic heterocycles. The van der Waals surface area contributed by atoms with Crippen molar-refractivity contribution in [2.24, 2.45) is 7.05 Å². The normalized spacial score (nSPS) is 10.6. The van der Waals surface area contributed by atoms with Crippen LogP contribution in [-0.4, -0.2) is 29.9 Å². The molecule has 0 fully saturated rings. The molecular formula is C15H15N5OS. The van der Waals surface area contributed by atoms with Gasteiger partial charge in [-0.1, -0.05) is 34.8 Å². The van der Waals surface area contributed by atoms with E-state index in [1.54, 1.807) is 16.5 Å². The zero-order chi connectivity index (χ0) is 15.4. The first-order chi connectivity index (χ1) is 10.7. The molecule has 0 spiro atoms. The second-order valence-corrected chi connectivity index (χ2v) is 5.50. The summed E-state index contributed by atoms with van der Waals surface area (Å²) >= 11 is 1.17. The Morgan fingerprint density at radius 2 is 2.09 bits per heavy atom. The summed E-state index contributed by atoms with van der Waals surface area (Å²) in [4.78, 5) is 18.7. The number of amides is 1. The summed E-state index contributed by atoms with van der Waals surface area (Å²) < 4.78 is 5.68. The Labute approximate surface area is 132 Å². The number of benzene rings is 1. The van der Waals surface area contributed by atoms with Crippen LogP contribution in [0.5, 0.6) is 0 Å². The smallest absolute Gasteiger partial charge is 0.276 e. The predicted molar refractivity (Wildman–Crippen MR) is 83.1 cm³/mol. The zero-order valence-electron chi connectivity index (χ0n) is 12.1. The quantitative estimate of drug-likeness (QED) is 0.724. The monoisotopic (exact) mass is 313 g/mol. The lowest BCUT2D eigenvalue weighted by atomic mass is 10.2. The van der Waals surface area contributed by atoms with E-state index in [1.165, 1.54) is 11.5 Å². The first-order valence-corrected chi connectivity index (χ1v) is 7.64. The van der Waals surface area contributed by atoms with Crippen LogP contribution in [0.2, 0.25) is 0 Å². The second kappa shape index (κ2) is 6.48. The van der Waals surface area contributed by atoms with E-state index >= 15 is 0 Å². The highest BCUT2D eigenvalue weighted by Gasteiger charge is 2.20. The van der Waals surface area contributed by atoms with Gasteiger partial charge in [-0.3, -0.25) is 4.79 Å². The van der Waals surface area contributed by atoms with Crippen LogP contribution in [0, 0.1) is 0 Å². The van der Waals surface area contributed by atoms with Gasteiger partial charge in [0.2, 0.25) is 0 Å². The Morgan fingerprint density at radius 1 is 1.27 bits per heavy atom. The summed E-state index contributed by atoms with van der Waals surface area (Å²) in [5.41, 5.74) is 1.43. The second-order valence-electron chi connectivity index (χ2n) is 4.89. The molecule has 0 radical (unpaired) electrons. The molecule has 22 heavy (non-hydrogen) atoms. The lowest BCUT2D eigenvalue weighted by molar-refractivity contribution is 0.0718. The highest BCUT2D eigenvalue weighted by Crippen LogP contribution is 2.12. The van der Waals surface area contributed by atoms with E-state index in [-0.39, 0.29) is 5.91 Å². The molecule has 6 nitrogen and oxygen atoms in total. The maximum Gasteiger partial charge on any atom is 0.276 e. The molecule has 1 aromatic carbocycles. The Balaban J connectivity index is 1.85. The van der Waals surface area contributed by atoms with Crippen molar-refractivity contribution < 1.29 is 4.79 Å². The van der Waals surface area contributed by atoms with Crippen molar-refractivity contribution in [3.8, 4) is 0 Å². The number of imidazole rings is 1. The fourth-order valence-corrected chi connectivity index (χ4v) is 2.57. The van der Waals surface area contributed by atoms with Gasteiger partial charge in [0.1, 0.15) is 5.82 Å². The zero-order valence-corrected chi connectivity index (χ0v) is 12.9. The number of aryl methyl sites for hydroxylation is 1. The third-order valence-electron chi connectivity index (χ3n) is 3.34. The van der Waals surface area contributed by atoms with E-state index in [1.807, 2.05) is 48.1 Å². The lowest BCUT2D eigenvalue weighted by Gasteiger charge is -2.21. The first-order valence-electron chi connectivity index (χ1n) is 6.80. The van der Waals surface area contributed by atoms with Crippen molar-refractivity contribution in [1.82, 2.24) is 24.0 Å². The molecule has 0 atom stereocenters. The highest BCUT2D eigenvalue weighted by atomic mass is 32.1. The van der Waals surface area contributed by atoms with Crippen LogP contribution in [0.15, 0.2) is 48.1 Å². The number of carbonyl (C=O) groups is 1. The van der Waals surface area contributed by atoms with Gasteiger partial charge in [0.15, 0.2) is 5.69 Å². The van der Waals surface area contributed by atoms with Gasteiger partial charge in [0.05, 0.1) is 6.54 Å². The maximum absolute atomic E-state index is 12.6. The summed E-state index contributed by atoms with van der Waals surface area (Å²) in [6, 6.07) is 9.88. The Bertz CT molecular complexity index is 738. The topological polar surface area (TPSA) is 63.9 Å². The van der Waals surface area contributed by atoms with E-state index in [0.717, 1.165) is 11.4 Å². The van der Waals surface area contributed by atoms with E-state index in [4.69, 9.17) is 0 Å². The SMILES string of the molecule is Cn1ccnc1CN(Cc1ccccc1)C(=O)c1csnn1. The first kappa shape index (κ1) is 14.4.